The van der Waals surface area contributed by atoms with Gasteiger partial charge in [-0.25, -0.2) is 9.78 Å². The molecule has 2 amide bonds. The monoisotopic (exact) mass is 212 g/mol. The van der Waals surface area contributed by atoms with E-state index in [1.54, 1.807) is 23.3 Å². The number of carboxylic acids is 1. The van der Waals surface area contributed by atoms with Crippen molar-refractivity contribution in [2.45, 2.75) is 6.54 Å². The van der Waals surface area contributed by atoms with Gasteiger partial charge in [-0.3, -0.25) is 4.79 Å². The highest BCUT2D eigenvalue weighted by atomic mass is 16.4. The van der Waals surface area contributed by atoms with Crippen molar-refractivity contribution in [3.63, 3.8) is 0 Å². The summed E-state index contributed by atoms with van der Waals surface area (Å²) >= 11 is 0. The molecule has 0 bridgehead atoms. The number of carbonyl (C=O) groups is 2. The van der Waals surface area contributed by atoms with Crippen molar-refractivity contribution in [1.82, 2.24) is 20.2 Å². The fourth-order valence-electron chi connectivity index (χ4n) is 0.936. The van der Waals surface area contributed by atoms with Crippen LogP contribution in [0.4, 0.5) is 4.79 Å². The summed E-state index contributed by atoms with van der Waals surface area (Å²) in [6.07, 6.45) is 5.05. The number of urea groups is 1. The van der Waals surface area contributed by atoms with Gasteiger partial charge in [-0.1, -0.05) is 0 Å². The minimum atomic E-state index is -1.07. The first-order valence-electron chi connectivity index (χ1n) is 4.37. The summed E-state index contributed by atoms with van der Waals surface area (Å²) < 4.78 is 1.80. The molecule has 82 valence electrons. The van der Waals surface area contributed by atoms with Crippen molar-refractivity contribution in [2.75, 3.05) is 13.1 Å². The van der Waals surface area contributed by atoms with Gasteiger partial charge >= 0.3 is 12.0 Å². The summed E-state index contributed by atoms with van der Waals surface area (Å²) in [5, 5.41) is 13.0. The molecule has 0 fully saturated rings. The molecular formula is C8H12N4O3. The Morgan fingerprint density at radius 1 is 1.40 bits per heavy atom. The molecule has 0 spiro atoms. The molecule has 0 saturated heterocycles. The van der Waals surface area contributed by atoms with Gasteiger partial charge in [-0.05, 0) is 0 Å². The second-order valence-electron chi connectivity index (χ2n) is 2.80. The normalized spacial score (nSPS) is 9.60. The fraction of sp³-hybridized carbons (Fsp3) is 0.375. The number of aromatic nitrogens is 2. The van der Waals surface area contributed by atoms with Gasteiger partial charge in [0, 0.05) is 25.5 Å². The quantitative estimate of drug-likeness (QED) is 0.599. The Labute approximate surface area is 86.1 Å². The minimum Gasteiger partial charge on any atom is -0.480 e. The Bertz CT molecular complexity index is 323. The number of amides is 2. The first-order chi connectivity index (χ1) is 7.18. The summed E-state index contributed by atoms with van der Waals surface area (Å²) in [5.74, 6) is -1.07. The molecule has 0 aliphatic rings. The van der Waals surface area contributed by atoms with Crippen LogP contribution in [0, 0.1) is 0 Å². The first-order valence-corrected chi connectivity index (χ1v) is 4.37. The summed E-state index contributed by atoms with van der Waals surface area (Å²) in [6.45, 7) is 0.638. The number of aliphatic carboxylic acids is 1. The van der Waals surface area contributed by atoms with Crippen molar-refractivity contribution in [3.8, 4) is 0 Å². The van der Waals surface area contributed by atoms with E-state index < -0.39 is 12.0 Å². The van der Waals surface area contributed by atoms with Gasteiger partial charge in [-0.15, -0.1) is 0 Å². The Kier molecular flexibility index (Phi) is 4.14. The lowest BCUT2D eigenvalue weighted by Crippen LogP contribution is -2.39. The van der Waals surface area contributed by atoms with Gasteiger partial charge in [0.25, 0.3) is 0 Å². The van der Waals surface area contributed by atoms with Crippen molar-refractivity contribution in [3.05, 3.63) is 18.7 Å². The average Bonchev–Trinajstić information content (AvgIpc) is 2.67. The molecule has 1 aromatic heterocycles. The van der Waals surface area contributed by atoms with Gasteiger partial charge < -0.3 is 20.3 Å². The first kappa shape index (κ1) is 11.0. The Morgan fingerprint density at radius 3 is 2.80 bits per heavy atom. The zero-order valence-electron chi connectivity index (χ0n) is 8.01. The van der Waals surface area contributed by atoms with E-state index in [2.05, 4.69) is 15.6 Å². The molecule has 3 N–H and O–H groups in total. The van der Waals surface area contributed by atoms with E-state index in [4.69, 9.17) is 5.11 Å². The van der Waals surface area contributed by atoms with Crippen molar-refractivity contribution in [1.29, 1.82) is 0 Å². The largest absolute Gasteiger partial charge is 0.480 e. The second-order valence-corrected chi connectivity index (χ2v) is 2.80. The zero-order valence-corrected chi connectivity index (χ0v) is 8.01. The summed E-state index contributed by atoms with van der Waals surface area (Å²) in [4.78, 5) is 24.9. The maximum absolute atomic E-state index is 11.0. The summed E-state index contributed by atoms with van der Waals surface area (Å²) in [5.41, 5.74) is 0. The lowest BCUT2D eigenvalue weighted by atomic mass is 10.6. The highest BCUT2D eigenvalue weighted by Crippen LogP contribution is 1.83. The Balaban J connectivity index is 2.09. The van der Waals surface area contributed by atoms with Crippen molar-refractivity contribution >= 4 is 12.0 Å². The third-order valence-corrected chi connectivity index (χ3v) is 1.61. The Hall–Kier alpha value is -2.05. The van der Waals surface area contributed by atoms with E-state index in [1.807, 2.05) is 0 Å². The summed E-state index contributed by atoms with van der Waals surface area (Å²) in [7, 11) is 0. The lowest BCUT2D eigenvalue weighted by Gasteiger charge is -2.05. The van der Waals surface area contributed by atoms with E-state index in [0.29, 0.717) is 13.1 Å². The molecule has 0 unspecified atom stereocenters. The third-order valence-electron chi connectivity index (χ3n) is 1.61. The van der Waals surface area contributed by atoms with Crippen LogP contribution in [-0.2, 0) is 11.3 Å². The van der Waals surface area contributed by atoms with Crippen LogP contribution < -0.4 is 10.6 Å². The van der Waals surface area contributed by atoms with Crippen LogP contribution in [0.5, 0.6) is 0 Å². The minimum absolute atomic E-state index is 0.378. The molecule has 1 rings (SSSR count). The van der Waals surface area contributed by atoms with Crippen LogP contribution >= 0.6 is 0 Å². The topological polar surface area (TPSA) is 96.3 Å². The summed E-state index contributed by atoms with van der Waals surface area (Å²) in [6, 6.07) is -0.488. The molecule has 0 atom stereocenters. The maximum atomic E-state index is 11.0. The fourth-order valence-corrected chi connectivity index (χ4v) is 0.936. The maximum Gasteiger partial charge on any atom is 0.323 e. The van der Waals surface area contributed by atoms with Crippen LogP contribution in [-0.4, -0.2) is 39.7 Å². The molecule has 15 heavy (non-hydrogen) atoms. The number of nitrogens with zero attached hydrogens (tertiary/aromatic N) is 2. The molecule has 7 heteroatoms. The number of imidazole rings is 1. The molecule has 0 saturated carbocycles. The molecule has 7 nitrogen and oxygen atoms in total. The number of carbonyl (C=O) groups excluding carboxylic acids is 1. The molecule has 0 aromatic carbocycles. The van der Waals surface area contributed by atoms with Crippen LogP contribution in [0.2, 0.25) is 0 Å². The van der Waals surface area contributed by atoms with Gasteiger partial charge in [0.1, 0.15) is 6.54 Å². The standard InChI is InChI=1S/C8H12N4O3/c13-7(14)5-11-8(15)10-2-4-12-3-1-9-6-12/h1,3,6H,2,4-5H2,(H,13,14)(H2,10,11,15). The zero-order chi connectivity index (χ0) is 11.1. The van der Waals surface area contributed by atoms with E-state index >= 15 is 0 Å². The highest BCUT2D eigenvalue weighted by molar-refractivity contribution is 5.79. The van der Waals surface area contributed by atoms with Crippen LogP contribution in [0.25, 0.3) is 0 Å². The molecular weight excluding hydrogens is 200 g/mol. The molecule has 0 radical (unpaired) electrons. The van der Waals surface area contributed by atoms with E-state index in [9.17, 15) is 9.59 Å². The van der Waals surface area contributed by atoms with Gasteiger partial charge in [-0.2, -0.15) is 0 Å². The van der Waals surface area contributed by atoms with Gasteiger partial charge in [0.15, 0.2) is 0 Å². The molecule has 1 aromatic rings. The van der Waals surface area contributed by atoms with E-state index in [0.717, 1.165) is 0 Å². The SMILES string of the molecule is O=C(O)CNC(=O)NCCn1ccnc1. The van der Waals surface area contributed by atoms with E-state index in [-0.39, 0.29) is 6.54 Å². The number of nitrogens with one attached hydrogen (secondary N) is 2. The molecule has 0 aliphatic heterocycles. The number of rotatable bonds is 5. The van der Waals surface area contributed by atoms with Crippen LogP contribution in [0.15, 0.2) is 18.7 Å². The van der Waals surface area contributed by atoms with E-state index in [1.165, 1.54) is 0 Å². The predicted molar refractivity (Wildman–Crippen MR) is 51.3 cm³/mol. The van der Waals surface area contributed by atoms with Crippen molar-refractivity contribution in [2.24, 2.45) is 0 Å². The van der Waals surface area contributed by atoms with Crippen LogP contribution in [0.1, 0.15) is 0 Å². The van der Waals surface area contributed by atoms with Crippen LogP contribution in [0.3, 0.4) is 0 Å². The molecule has 0 aliphatic carbocycles. The van der Waals surface area contributed by atoms with Gasteiger partial charge in [0.05, 0.1) is 6.33 Å². The van der Waals surface area contributed by atoms with Gasteiger partial charge in [0.2, 0.25) is 0 Å². The third kappa shape index (κ3) is 4.65. The predicted octanol–water partition coefficient (Wildman–Crippen LogP) is -0.733. The van der Waals surface area contributed by atoms with Crippen molar-refractivity contribution < 1.29 is 14.7 Å². The second kappa shape index (κ2) is 5.63. The average molecular weight is 212 g/mol. The highest BCUT2D eigenvalue weighted by Gasteiger charge is 2.01. The number of carboxylic acid groups (broad SMARTS) is 1. The number of hydrogen-bond donors (Lipinski definition) is 3. The Morgan fingerprint density at radius 2 is 2.20 bits per heavy atom. The molecule has 1 heterocycles. The smallest absolute Gasteiger partial charge is 0.323 e. The lowest BCUT2D eigenvalue weighted by molar-refractivity contribution is -0.135. The number of hydrogen-bond acceptors (Lipinski definition) is 3.